The number of benzene rings is 3. The highest BCUT2D eigenvalue weighted by Crippen LogP contribution is 2.36. The van der Waals surface area contributed by atoms with Crippen molar-refractivity contribution in [2.45, 2.75) is 12.8 Å². The molecule has 4 rings (SSSR count). The molecule has 1 fully saturated rings. The number of carbonyl (C=O) groups is 3. The number of carbonyl (C=O) groups excluding carboxylic acids is 3. The number of ether oxygens (including phenoxy) is 2. The molecule has 214 valence electrons. The van der Waals surface area contributed by atoms with E-state index in [4.69, 9.17) is 44.3 Å². The lowest BCUT2D eigenvalue weighted by atomic mass is 10.1. The number of alkyl halides is 3. The standard InChI is InChI=1S/C27H18Cl3F3N2O5S/c1-39-22-7-4-16(27(31,32)33)11-20(22)34-24(36)12-35-25(37)23(41-26(35)38)10-14-3-6-21(19(30)8-14)40-13-15-2-5-17(28)18(29)9-15/h2-11H,12-13H2,1H3,(H,34,36)/b23-10-. The van der Waals surface area contributed by atoms with Crippen LogP contribution in [0.15, 0.2) is 59.5 Å². The Labute approximate surface area is 251 Å². The molecule has 3 aromatic rings. The van der Waals surface area contributed by atoms with Crippen LogP contribution in [0.4, 0.5) is 23.7 Å². The Morgan fingerprint density at radius 2 is 1.71 bits per heavy atom. The first-order valence-corrected chi connectivity index (χ1v) is 13.5. The number of nitrogens with zero attached hydrogens (tertiary/aromatic N) is 1. The lowest BCUT2D eigenvalue weighted by Crippen LogP contribution is -2.36. The summed E-state index contributed by atoms with van der Waals surface area (Å²) in [5.41, 5.74) is -0.0117. The maximum atomic E-state index is 13.1. The summed E-state index contributed by atoms with van der Waals surface area (Å²) in [6.07, 6.45) is -3.23. The van der Waals surface area contributed by atoms with Crippen LogP contribution in [0.3, 0.4) is 0 Å². The van der Waals surface area contributed by atoms with Crippen molar-refractivity contribution in [1.29, 1.82) is 0 Å². The van der Waals surface area contributed by atoms with Gasteiger partial charge in [0.05, 0.1) is 38.3 Å². The van der Waals surface area contributed by atoms with E-state index in [1.165, 1.54) is 19.3 Å². The summed E-state index contributed by atoms with van der Waals surface area (Å²) in [5.74, 6) is -1.30. The summed E-state index contributed by atoms with van der Waals surface area (Å²) in [6, 6.07) is 12.4. The Kier molecular flexibility index (Phi) is 9.43. The average molecular weight is 646 g/mol. The van der Waals surface area contributed by atoms with Crippen molar-refractivity contribution in [2.24, 2.45) is 0 Å². The molecule has 0 saturated carbocycles. The molecule has 1 aliphatic heterocycles. The number of hydrogen-bond donors (Lipinski definition) is 1. The van der Waals surface area contributed by atoms with Crippen molar-refractivity contribution in [3.05, 3.63) is 91.3 Å². The number of imide groups is 1. The number of hydrogen-bond acceptors (Lipinski definition) is 6. The van der Waals surface area contributed by atoms with Gasteiger partial charge in [0.1, 0.15) is 24.7 Å². The highest BCUT2D eigenvalue weighted by atomic mass is 35.5. The topological polar surface area (TPSA) is 84.9 Å². The number of halogens is 6. The van der Waals surface area contributed by atoms with Crippen LogP contribution in [0.2, 0.25) is 15.1 Å². The fraction of sp³-hybridized carbons (Fsp3) is 0.148. The quantitative estimate of drug-likeness (QED) is 0.251. The van der Waals surface area contributed by atoms with Crippen molar-refractivity contribution >= 4 is 75.4 Å². The van der Waals surface area contributed by atoms with Gasteiger partial charge in [-0.05, 0) is 71.4 Å². The van der Waals surface area contributed by atoms with Crippen LogP contribution in [0.25, 0.3) is 6.08 Å². The Morgan fingerprint density at radius 3 is 2.37 bits per heavy atom. The first-order chi connectivity index (χ1) is 19.3. The summed E-state index contributed by atoms with van der Waals surface area (Å²) in [5, 5.41) is 2.59. The van der Waals surface area contributed by atoms with Crippen LogP contribution in [-0.4, -0.2) is 35.6 Å². The monoisotopic (exact) mass is 644 g/mol. The van der Waals surface area contributed by atoms with E-state index in [1.54, 1.807) is 30.3 Å². The molecule has 1 heterocycles. The molecular formula is C27H18Cl3F3N2O5S. The maximum absolute atomic E-state index is 13.1. The number of anilines is 1. The second-order valence-electron chi connectivity index (χ2n) is 8.46. The molecule has 41 heavy (non-hydrogen) atoms. The summed E-state index contributed by atoms with van der Waals surface area (Å²) in [7, 11) is 1.22. The van der Waals surface area contributed by atoms with E-state index in [0.29, 0.717) is 44.1 Å². The molecule has 0 aliphatic carbocycles. The summed E-state index contributed by atoms with van der Waals surface area (Å²) in [6.45, 7) is -0.549. The number of amides is 3. The molecule has 0 bridgehead atoms. The van der Waals surface area contributed by atoms with E-state index in [-0.39, 0.29) is 28.0 Å². The number of methoxy groups -OCH3 is 1. The van der Waals surface area contributed by atoms with E-state index >= 15 is 0 Å². The van der Waals surface area contributed by atoms with Crippen molar-refractivity contribution < 1.29 is 37.0 Å². The van der Waals surface area contributed by atoms with Gasteiger partial charge in [-0.15, -0.1) is 0 Å². The zero-order valence-corrected chi connectivity index (χ0v) is 23.9. The molecule has 3 amide bonds. The lowest BCUT2D eigenvalue weighted by Gasteiger charge is -2.16. The van der Waals surface area contributed by atoms with Gasteiger partial charge in [0.15, 0.2) is 0 Å². The minimum absolute atomic E-state index is 0.0262. The predicted molar refractivity (Wildman–Crippen MR) is 152 cm³/mol. The third kappa shape index (κ3) is 7.48. The van der Waals surface area contributed by atoms with Gasteiger partial charge in [0, 0.05) is 0 Å². The predicted octanol–water partition coefficient (Wildman–Crippen LogP) is 7.93. The smallest absolute Gasteiger partial charge is 0.416 e. The minimum Gasteiger partial charge on any atom is -0.495 e. The highest BCUT2D eigenvalue weighted by Gasteiger charge is 2.37. The zero-order valence-electron chi connectivity index (χ0n) is 20.9. The minimum atomic E-state index is -4.65. The third-order valence-electron chi connectivity index (χ3n) is 5.61. The number of thioether (sulfide) groups is 1. The van der Waals surface area contributed by atoms with Gasteiger partial charge in [0.25, 0.3) is 11.1 Å². The first-order valence-electron chi connectivity index (χ1n) is 11.5. The van der Waals surface area contributed by atoms with Crippen molar-refractivity contribution in [1.82, 2.24) is 4.90 Å². The molecule has 0 radical (unpaired) electrons. The molecule has 3 aromatic carbocycles. The van der Waals surface area contributed by atoms with E-state index in [1.807, 2.05) is 0 Å². The summed E-state index contributed by atoms with van der Waals surface area (Å²) in [4.78, 5) is 38.6. The Bertz CT molecular complexity index is 1570. The molecule has 0 aromatic heterocycles. The average Bonchev–Trinajstić information content (AvgIpc) is 3.16. The lowest BCUT2D eigenvalue weighted by molar-refractivity contribution is -0.137. The highest BCUT2D eigenvalue weighted by molar-refractivity contribution is 8.18. The SMILES string of the molecule is COc1ccc(C(F)(F)F)cc1NC(=O)CN1C(=O)S/C(=C\c2ccc(OCc3ccc(Cl)c(Cl)c3)c(Cl)c2)C1=O. The normalized spacial score (nSPS) is 14.5. The fourth-order valence-electron chi connectivity index (χ4n) is 3.62. The van der Waals surface area contributed by atoms with Gasteiger partial charge < -0.3 is 14.8 Å². The molecule has 0 unspecified atom stereocenters. The maximum Gasteiger partial charge on any atom is 0.416 e. The van der Waals surface area contributed by atoms with Crippen molar-refractivity contribution in [3.8, 4) is 11.5 Å². The van der Waals surface area contributed by atoms with E-state index in [2.05, 4.69) is 5.32 Å². The largest absolute Gasteiger partial charge is 0.495 e. The van der Waals surface area contributed by atoms with E-state index < -0.39 is 35.3 Å². The second kappa shape index (κ2) is 12.6. The van der Waals surface area contributed by atoms with Gasteiger partial charge >= 0.3 is 6.18 Å². The van der Waals surface area contributed by atoms with Crippen LogP contribution < -0.4 is 14.8 Å². The summed E-state index contributed by atoms with van der Waals surface area (Å²) >= 11 is 18.9. The van der Waals surface area contributed by atoms with Gasteiger partial charge in [-0.1, -0.05) is 46.9 Å². The zero-order chi connectivity index (χ0) is 29.9. The molecule has 14 heteroatoms. The van der Waals surface area contributed by atoms with Gasteiger partial charge in [-0.2, -0.15) is 13.2 Å². The van der Waals surface area contributed by atoms with Crippen LogP contribution in [0.1, 0.15) is 16.7 Å². The van der Waals surface area contributed by atoms with Gasteiger partial charge in [-0.25, -0.2) is 0 Å². The molecular weight excluding hydrogens is 628 g/mol. The Morgan fingerprint density at radius 1 is 0.976 bits per heavy atom. The summed E-state index contributed by atoms with van der Waals surface area (Å²) < 4.78 is 50.0. The fourth-order valence-corrected chi connectivity index (χ4v) is 5.02. The first kappa shape index (κ1) is 30.6. The van der Waals surface area contributed by atoms with E-state index in [9.17, 15) is 27.6 Å². The van der Waals surface area contributed by atoms with Crippen LogP contribution in [-0.2, 0) is 22.4 Å². The number of nitrogens with one attached hydrogen (secondary N) is 1. The third-order valence-corrected chi connectivity index (χ3v) is 7.55. The van der Waals surface area contributed by atoms with Crippen LogP contribution in [0.5, 0.6) is 11.5 Å². The Hall–Kier alpha value is -3.38. The van der Waals surface area contributed by atoms with Crippen molar-refractivity contribution in [3.63, 3.8) is 0 Å². The molecule has 1 aliphatic rings. The van der Waals surface area contributed by atoms with Crippen molar-refractivity contribution in [2.75, 3.05) is 19.0 Å². The van der Waals surface area contributed by atoms with Gasteiger partial charge in [0.2, 0.25) is 5.91 Å². The second-order valence-corrected chi connectivity index (χ2v) is 10.7. The van der Waals surface area contributed by atoms with Gasteiger partial charge in [-0.3, -0.25) is 19.3 Å². The Balaban J connectivity index is 1.42. The number of rotatable bonds is 8. The van der Waals surface area contributed by atoms with E-state index in [0.717, 1.165) is 17.7 Å². The molecule has 0 spiro atoms. The molecule has 1 saturated heterocycles. The van der Waals surface area contributed by atoms with Crippen LogP contribution >= 0.6 is 46.6 Å². The van der Waals surface area contributed by atoms with Crippen LogP contribution in [0, 0.1) is 0 Å². The molecule has 1 N–H and O–H groups in total. The molecule has 7 nitrogen and oxygen atoms in total. The molecule has 0 atom stereocenters.